The zero-order valence-electron chi connectivity index (χ0n) is 11.1. The number of hydrogen-bond donors (Lipinski definition) is 0. The molecule has 0 rings (SSSR count). The Kier molecular flexibility index (Phi) is 7.54. The molecular weight excluding hydrogens is 224 g/mol. The molecule has 0 N–H and O–H groups in total. The predicted molar refractivity (Wildman–Crippen MR) is 62.5 cm³/mol. The molecule has 17 heavy (non-hydrogen) atoms. The Bertz CT molecular complexity index is 251. The molecule has 0 aromatic heterocycles. The molecule has 1 atom stereocenters. The molecule has 0 aliphatic rings. The quantitative estimate of drug-likeness (QED) is 0.608. The van der Waals surface area contributed by atoms with Crippen molar-refractivity contribution in [2.75, 3.05) is 27.9 Å². The van der Waals surface area contributed by atoms with Crippen molar-refractivity contribution in [3.05, 3.63) is 0 Å². The van der Waals surface area contributed by atoms with Gasteiger partial charge in [-0.3, -0.25) is 9.59 Å². The van der Waals surface area contributed by atoms with Gasteiger partial charge in [0, 0.05) is 20.1 Å². The van der Waals surface area contributed by atoms with E-state index in [0.717, 1.165) is 0 Å². The lowest BCUT2D eigenvalue weighted by atomic mass is 9.82. The van der Waals surface area contributed by atoms with Crippen molar-refractivity contribution in [1.29, 1.82) is 0 Å². The maximum atomic E-state index is 11.7. The van der Waals surface area contributed by atoms with E-state index in [9.17, 15) is 9.59 Å². The standard InChI is InChI=1S/C12H22O5/c1-12(8-9-15-2,11(14)17-4)7-5-6-10(13)16-3/h5-9H2,1-4H3. The lowest BCUT2D eigenvalue weighted by Crippen LogP contribution is -2.30. The van der Waals surface area contributed by atoms with Crippen LogP contribution in [-0.4, -0.2) is 39.9 Å². The molecule has 0 saturated carbocycles. The summed E-state index contributed by atoms with van der Waals surface area (Å²) in [4.78, 5) is 22.7. The summed E-state index contributed by atoms with van der Waals surface area (Å²) in [5.41, 5.74) is -0.598. The summed E-state index contributed by atoms with van der Waals surface area (Å²) < 4.78 is 14.3. The highest BCUT2D eigenvalue weighted by Crippen LogP contribution is 2.30. The highest BCUT2D eigenvalue weighted by Gasteiger charge is 2.33. The van der Waals surface area contributed by atoms with Crippen LogP contribution in [0.2, 0.25) is 0 Å². The third-order valence-corrected chi connectivity index (χ3v) is 2.87. The Morgan fingerprint density at radius 3 is 2.18 bits per heavy atom. The average molecular weight is 246 g/mol. The molecule has 0 aromatic carbocycles. The van der Waals surface area contributed by atoms with Gasteiger partial charge in [-0.25, -0.2) is 0 Å². The summed E-state index contributed by atoms with van der Waals surface area (Å²) in [7, 11) is 4.31. The Morgan fingerprint density at radius 1 is 1.06 bits per heavy atom. The van der Waals surface area contributed by atoms with E-state index in [1.807, 2.05) is 6.92 Å². The van der Waals surface area contributed by atoms with Crippen molar-refractivity contribution < 1.29 is 23.8 Å². The van der Waals surface area contributed by atoms with E-state index in [1.54, 1.807) is 7.11 Å². The molecule has 0 radical (unpaired) electrons. The number of rotatable bonds is 8. The Morgan fingerprint density at radius 2 is 1.71 bits per heavy atom. The van der Waals surface area contributed by atoms with Gasteiger partial charge >= 0.3 is 11.9 Å². The predicted octanol–water partition coefficient (Wildman–Crippen LogP) is 1.55. The third-order valence-electron chi connectivity index (χ3n) is 2.87. The average Bonchev–Trinajstić information content (AvgIpc) is 2.34. The summed E-state index contributed by atoms with van der Waals surface area (Å²) in [6.07, 6.45) is 2.08. The molecule has 0 heterocycles. The molecule has 5 nitrogen and oxygen atoms in total. The summed E-state index contributed by atoms with van der Waals surface area (Å²) in [5, 5.41) is 0. The van der Waals surface area contributed by atoms with Crippen molar-refractivity contribution in [1.82, 2.24) is 0 Å². The first kappa shape index (κ1) is 15.9. The molecule has 0 aromatic rings. The zero-order chi connectivity index (χ0) is 13.3. The van der Waals surface area contributed by atoms with Crippen molar-refractivity contribution in [2.24, 2.45) is 5.41 Å². The Labute approximate surface area is 102 Å². The molecular formula is C12H22O5. The van der Waals surface area contributed by atoms with Gasteiger partial charge < -0.3 is 14.2 Å². The molecule has 0 aliphatic heterocycles. The number of methoxy groups -OCH3 is 3. The monoisotopic (exact) mass is 246 g/mol. The fourth-order valence-electron chi connectivity index (χ4n) is 1.63. The van der Waals surface area contributed by atoms with Gasteiger partial charge in [0.15, 0.2) is 0 Å². The summed E-state index contributed by atoms with van der Waals surface area (Å²) in [5.74, 6) is -0.525. The first-order valence-electron chi connectivity index (χ1n) is 5.64. The Hall–Kier alpha value is -1.10. The largest absolute Gasteiger partial charge is 0.469 e. The summed E-state index contributed by atoms with van der Waals surface area (Å²) in [6.45, 7) is 2.32. The number of ether oxygens (including phenoxy) is 3. The second-order valence-electron chi connectivity index (χ2n) is 4.22. The normalized spacial score (nSPS) is 13.9. The lowest BCUT2D eigenvalue weighted by Gasteiger charge is -2.26. The molecule has 0 bridgehead atoms. The highest BCUT2D eigenvalue weighted by molar-refractivity contribution is 5.76. The van der Waals surface area contributed by atoms with Crippen LogP contribution in [0.4, 0.5) is 0 Å². The molecule has 5 heteroatoms. The fraction of sp³-hybridized carbons (Fsp3) is 0.833. The first-order valence-corrected chi connectivity index (χ1v) is 5.64. The SMILES string of the molecule is COCCC(C)(CCCC(=O)OC)C(=O)OC. The van der Waals surface area contributed by atoms with Crippen LogP contribution in [0.25, 0.3) is 0 Å². The van der Waals surface area contributed by atoms with Crippen molar-refractivity contribution >= 4 is 11.9 Å². The van der Waals surface area contributed by atoms with Crippen LogP contribution in [-0.2, 0) is 23.8 Å². The van der Waals surface area contributed by atoms with Crippen LogP contribution in [0, 0.1) is 5.41 Å². The molecule has 0 aliphatic carbocycles. The van der Waals surface area contributed by atoms with Crippen molar-refractivity contribution in [3.8, 4) is 0 Å². The van der Waals surface area contributed by atoms with E-state index >= 15 is 0 Å². The van der Waals surface area contributed by atoms with E-state index in [-0.39, 0.29) is 11.9 Å². The number of esters is 2. The zero-order valence-corrected chi connectivity index (χ0v) is 11.1. The second kappa shape index (κ2) is 8.06. The van der Waals surface area contributed by atoms with Gasteiger partial charge in [0.05, 0.1) is 19.6 Å². The van der Waals surface area contributed by atoms with Gasteiger partial charge in [-0.05, 0) is 26.2 Å². The van der Waals surface area contributed by atoms with E-state index in [4.69, 9.17) is 9.47 Å². The maximum absolute atomic E-state index is 11.7. The fourth-order valence-corrected chi connectivity index (χ4v) is 1.63. The molecule has 100 valence electrons. The van der Waals surface area contributed by atoms with Gasteiger partial charge in [-0.15, -0.1) is 0 Å². The smallest absolute Gasteiger partial charge is 0.311 e. The molecule has 0 fully saturated rings. The van der Waals surface area contributed by atoms with Gasteiger partial charge in [0.2, 0.25) is 0 Å². The van der Waals surface area contributed by atoms with Crippen LogP contribution < -0.4 is 0 Å². The van der Waals surface area contributed by atoms with Crippen LogP contribution in [0.3, 0.4) is 0 Å². The minimum Gasteiger partial charge on any atom is -0.469 e. The van der Waals surface area contributed by atoms with Crippen LogP contribution >= 0.6 is 0 Å². The van der Waals surface area contributed by atoms with Gasteiger partial charge in [0.25, 0.3) is 0 Å². The van der Waals surface area contributed by atoms with E-state index in [2.05, 4.69) is 4.74 Å². The van der Waals surface area contributed by atoms with E-state index in [1.165, 1.54) is 14.2 Å². The minimum atomic E-state index is -0.598. The number of carbonyl (C=O) groups is 2. The maximum Gasteiger partial charge on any atom is 0.311 e. The van der Waals surface area contributed by atoms with Crippen LogP contribution in [0.1, 0.15) is 32.6 Å². The van der Waals surface area contributed by atoms with E-state index in [0.29, 0.717) is 32.3 Å². The molecule has 0 spiro atoms. The minimum absolute atomic E-state index is 0.260. The van der Waals surface area contributed by atoms with Crippen LogP contribution in [0.15, 0.2) is 0 Å². The molecule has 0 saturated heterocycles. The van der Waals surface area contributed by atoms with Crippen molar-refractivity contribution in [2.45, 2.75) is 32.6 Å². The van der Waals surface area contributed by atoms with Crippen molar-refractivity contribution in [3.63, 3.8) is 0 Å². The van der Waals surface area contributed by atoms with Gasteiger partial charge in [0.1, 0.15) is 0 Å². The number of carbonyl (C=O) groups excluding carboxylic acids is 2. The van der Waals surface area contributed by atoms with Gasteiger partial charge in [-0.1, -0.05) is 0 Å². The summed E-state index contributed by atoms with van der Waals surface area (Å²) >= 11 is 0. The lowest BCUT2D eigenvalue weighted by molar-refractivity contribution is -0.154. The highest BCUT2D eigenvalue weighted by atomic mass is 16.5. The summed E-state index contributed by atoms with van der Waals surface area (Å²) in [6, 6.07) is 0. The van der Waals surface area contributed by atoms with E-state index < -0.39 is 5.41 Å². The van der Waals surface area contributed by atoms with Gasteiger partial charge in [-0.2, -0.15) is 0 Å². The molecule has 0 amide bonds. The molecule has 1 unspecified atom stereocenters. The Balaban J connectivity index is 4.28. The topological polar surface area (TPSA) is 61.8 Å². The van der Waals surface area contributed by atoms with Crippen LogP contribution in [0.5, 0.6) is 0 Å². The number of hydrogen-bond acceptors (Lipinski definition) is 5. The third kappa shape index (κ3) is 5.68. The second-order valence-corrected chi connectivity index (χ2v) is 4.22. The first-order chi connectivity index (χ1) is 8.00.